The lowest BCUT2D eigenvalue weighted by molar-refractivity contribution is 0.0922. The summed E-state index contributed by atoms with van der Waals surface area (Å²) in [6.07, 6.45) is 8.51. The van der Waals surface area contributed by atoms with Crippen molar-refractivity contribution in [2.75, 3.05) is 0 Å². The number of benzene rings is 1. The van der Waals surface area contributed by atoms with Crippen molar-refractivity contribution < 1.29 is 9.59 Å². The van der Waals surface area contributed by atoms with E-state index < -0.39 is 0 Å². The first-order chi connectivity index (χ1) is 14.2. The first kappa shape index (κ1) is 19.2. The Bertz CT molecular complexity index is 989. The third kappa shape index (κ3) is 4.47. The van der Waals surface area contributed by atoms with Gasteiger partial charge in [-0.15, -0.1) is 0 Å². The summed E-state index contributed by atoms with van der Waals surface area (Å²) in [7, 11) is 0. The van der Waals surface area contributed by atoms with Crippen LogP contribution in [-0.4, -0.2) is 27.2 Å². The van der Waals surface area contributed by atoms with E-state index in [9.17, 15) is 9.59 Å². The number of fused-ring (bicyclic) bond motifs is 1. The zero-order valence-electron chi connectivity index (χ0n) is 16.4. The molecule has 0 aliphatic heterocycles. The van der Waals surface area contributed by atoms with E-state index in [2.05, 4.69) is 15.6 Å². The molecule has 1 saturated carbocycles. The molecule has 0 bridgehead atoms. The van der Waals surface area contributed by atoms with Crippen LogP contribution in [-0.2, 0) is 6.54 Å². The van der Waals surface area contributed by atoms with Crippen LogP contribution in [0.15, 0.2) is 54.7 Å². The summed E-state index contributed by atoms with van der Waals surface area (Å²) >= 11 is 0. The fraction of sp³-hybridized carbons (Fsp3) is 0.348. The zero-order valence-corrected chi connectivity index (χ0v) is 16.4. The van der Waals surface area contributed by atoms with Gasteiger partial charge in [-0.3, -0.25) is 14.0 Å². The average Bonchev–Trinajstić information content (AvgIpc) is 2.96. The number of rotatable bonds is 5. The molecule has 6 nitrogen and oxygen atoms in total. The number of hydrogen-bond acceptors (Lipinski definition) is 3. The molecule has 1 aromatic carbocycles. The smallest absolute Gasteiger partial charge is 0.287 e. The molecular formula is C23H26N4O2. The van der Waals surface area contributed by atoms with E-state index in [1.54, 1.807) is 10.6 Å². The molecule has 0 radical (unpaired) electrons. The molecule has 0 saturated heterocycles. The Balaban J connectivity index is 1.54. The van der Waals surface area contributed by atoms with E-state index in [1.165, 1.54) is 12.8 Å². The number of nitrogens with one attached hydrogen (secondary N) is 2. The molecule has 0 atom stereocenters. The molecule has 6 heteroatoms. The van der Waals surface area contributed by atoms with Crippen molar-refractivity contribution in [3.8, 4) is 0 Å². The molecule has 2 aromatic heterocycles. The standard InChI is InChI=1S/C23H26N4O2/c28-22(24-16-17-10-4-3-5-11-17)20-19-14-8-9-15-27(19)21(26-20)23(29)25-18-12-6-1-2-7-13-18/h3-5,8-11,14-15,18H,1-2,6-7,12-13,16H2,(H,24,28)(H,25,29). The molecule has 0 unspecified atom stereocenters. The Morgan fingerprint density at radius 3 is 2.41 bits per heavy atom. The van der Waals surface area contributed by atoms with Gasteiger partial charge < -0.3 is 10.6 Å². The Morgan fingerprint density at radius 1 is 0.931 bits per heavy atom. The minimum absolute atomic E-state index is 0.177. The number of pyridine rings is 1. The summed E-state index contributed by atoms with van der Waals surface area (Å²) in [5.74, 6) is -0.249. The summed E-state index contributed by atoms with van der Waals surface area (Å²) in [4.78, 5) is 30.1. The van der Waals surface area contributed by atoms with Crippen LogP contribution in [0.25, 0.3) is 5.52 Å². The van der Waals surface area contributed by atoms with Crippen molar-refractivity contribution in [3.05, 3.63) is 71.8 Å². The van der Waals surface area contributed by atoms with Gasteiger partial charge in [0.05, 0.1) is 5.52 Å². The van der Waals surface area contributed by atoms with Crippen LogP contribution in [0, 0.1) is 0 Å². The number of carbonyl (C=O) groups is 2. The minimum Gasteiger partial charge on any atom is -0.347 e. The van der Waals surface area contributed by atoms with Crippen LogP contribution in [0.3, 0.4) is 0 Å². The minimum atomic E-state index is -0.286. The summed E-state index contributed by atoms with van der Waals surface area (Å²) in [6, 6.07) is 15.4. The van der Waals surface area contributed by atoms with E-state index in [4.69, 9.17) is 0 Å². The summed E-state index contributed by atoms with van der Waals surface area (Å²) in [5, 5.41) is 6.03. The topological polar surface area (TPSA) is 75.5 Å². The van der Waals surface area contributed by atoms with Gasteiger partial charge in [-0.1, -0.05) is 62.1 Å². The molecule has 2 heterocycles. The third-order valence-electron chi connectivity index (χ3n) is 5.45. The third-order valence-corrected chi connectivity index (χ3v) is 5.45. The molecule has 1 aliphatic rings. The van der Waals surface area contributed by atoms with Gasteiger partial charge in [0.1, 0.15) is 0 Å². The van der Waals surface area contributed by atoms with Crippen molar-refractivity contribution in [3.63, 3.8) is 0 Å². The second-order valence-corrected chi connectivity index (χ2v) is 7.57. The number of carbonyl (C=O) groups excluding carboxylic acids is 2. The normalized spacial score (nSPS) is 15.0. The molecule has 2 amide bonds. The monoisotopic (exact) mass is 390 g/mol. The van der Waals surface area contributed by atoms with E-state index in [0.29, 0.717) is 12.1 Å². The largest absolute Gasteiger partial charge is 0.347 e. The van der Waals surface area contributed by atoms with Gasteiger partial charge in [0.25, 0.3) is 11.8 Å². The number of nitrogens with zero attached hydrogens (tertiary/aromatic N) is 2. The number of imidazole rings is 1. The SMILES string of the molecule is O=C(NCc1ccccc1)c1nc(C(=O)NC2CCCCCC2)n2ccccc12. The van der Waals surface area contributed by atoms with Crippen LogP contribution in [0.5, 0.6) is 0 Å². The predicted molar refractivity (Wildman–Crippen MR) is 112 cm³/mol. The second kappa shape index (κ2) is 8.90. The molecule has 150 valence electrons. The number of amides is 2. The molecule has 3 aromatic rings. The summed E-state index contributed by atoms with van der Waals surface area (Å²) < 4.78 is 1.70. The number of hydrogen-bond donors (Lipinski definition) is 2. The van der Waals surface area contributed by atoms with Crippen LogP contribution in [0.1, 0.15) is 65.2 Å². The van der Waals surface area contributed by atoms with Gasteiger partial charge in [0, 0.05) is 18.8 Å². The molecule has 1 fully saturated rings. The maximum Gasteiger partial charge on any atom is 0.287 e. The van der Waals surface area contributed by atoms with Crippen LogP contribution in [0.4, 0.5) is 0 Å². The van der Waals surface area contributed by atoms with E-state index >= 15 is 0 Å². The first-order valence-electron chi connectivity index (χ1n) is 10.3. The lowest BCUT2D eigenvalue weighted by atomic mass is 10.1. The highest BCUT2D eigenvalue weighted by Gasteiger charge is 2.23. The molecule has 1 aliphatic carbocycles. The predicted octanol–water partition coefficient (Wildman–Crippen LogP) is 3.72. The Kier molecular flexibility index (Phi) is 5.89. The quantitative estimate of drug-likeness (QED) is 0.652. The van der Waals surface area contributed by atoms with Gasteiger partial charge in [0.15, 0.2) is 5.69 Å². The van der Waals surface area contributed by atoms with Crippen LogP contribution < -0.4 is 10.6 Å². The lowest BCUT2D eigenvalue weighted by Gasteiger charge is -2.15. The Hall–Kier alpha value is -3.15. The maximum absolute atomic E-state index is 12.9. The second-order valence-electron chi connectivity index (χ2n) is 7.57. The van der Waals surface area contributed by atoms with Crippen LogP contribution in [0.2, 0.25) is 0 Å². The van der Waals surface area contributed by atoms with E-state index in [-0.39, 0.29) is 29.4 Å². The summed E-state index contributed by atoms with van der Waals surface area (Å²) in [6.45, 7) is 0.412. The van der Waals surface area contributed by atoms with Crippen molar-refractivity contribution >= 4 is 17.3 Å². The van der Waals surface area contributed by atoms with Gasteiger partial charge >= 0.3 is 0 Å². The zero-order chi connectivity index (χ0) is 20.1. The van der Waals surface area contributed by atoms with Crippen LogP contribution >= 0.6 is 0 Å². The van der Waals surface area contributed by atoms with Crippen molar-refractivity contribution in [2.24, 2.45) is 0 Å². The summed E-state index contributed by atoms with van der Waals surface area (Å²) in [5.41, 5.74) is 1.91. The first-order valence-corrected chi connectivity index (χ1v) is 10.3. The Labute approximate surface area is 170 Å². The highest BCUT2D eigenvalue weighted by Crippen LogP contribution is 2.19. The van der Waals surface area contributed by atoms with Gasteiger partial charge in [-0.25, -0.2) is 4.98 Å². The molecule has 0 spiro atoms. The van der Waals surface area contributed by atoms with E-state index in [0.717, 1.165) is 31.2 Å². The van der Waals surface area contributed by atoms with Gasteiger partial charge in [-0.2, -0.15) is 0 Å². The van der Waals surface area contributed by atoms with E-state index in [1.807, 2.05) is 48.5 Å². The van der Waals surface area contributed by atoms with Gasteiger partial charge in [0.2, 0.25) is 5.82 Å². The molecular weight excluding hydrogens is 364 g/mol. The molecule has 2 N–H and O–H groups in total. The molecule has 4 rings (SSSR count). The van der Waals surface area contributed by atoms with Crippen molar-refractivity contribution in [1.82, 2.24) is 20.0 Å². The van der Waals surface area contributed by atoms with Crippen molar-refractivity contribution in [1.29, 1.82) is 0 Å². The molecule has 29 heavy (non-hydrogen) atoms. The Morgan fingerprint density at radius 2 is 1.66 bits per heavy atom. The fourth-order valence-electron chi connectivity index (χ4n) is 3.90. The van der Waals surface area contributed by atoms with Gasteiger partial charge in [-0.05, 0) is 30.5 Å². The number of aromatic nitrogens is 2. The maximum atomic E-state index is 12.9. The average molecular weight is 390 g/mol. The lowest BCUT2D eigenvalue weighted by Crippen LogP contribution is -2.35. The highest BCUT2D eigenvalue weighted by molar-refractivity contribution is 6.02. The van der Waals surface area contributed by atoms with Crippen molar-refractivity contribution in [2.45, 2.75) is 51.1 Å². The fourth-order valence-corrected chi connectivity index (χ4v) is 3.90. The highest BCUT2D eigenvalue weighted by atomic mass is 16.2.